The fourth-order valence-electron chi connectivity index (χ4n) is 2.34. The molecule has 4 rings (SSSR count). The number of aromatic nitrogens is 4. The van der Waals surface area contributed by atoms with Crippen LogP contribution in [0.25, 0.3) is 11.4 Å². The van der Waals surface area contributed by atoms with Crippen molar-refractivity contribution in [3.05, 3.63) is 60.4 Å². The average Bonchev–Trinajstić information content (AvgIpc) is 2.98. The second-order valence-electron chi connectivity index (χ2n) is 4.96. The van der Waals surface area contributed by atoms with Crippen LogP contribution in [0.3, 0.4) is 0 Å². The summed E-state index contributed by atoms with van der Waals surface area (Å²) >= 11 is 1.67. The van der Waals surface area contributed by atoms with Gasteiger partial charge in [0.25, 0.3) is 0 Å². The van der Waals surface area contributed by atoms with Crippen LogP contribution in [0.15, 0.2) is 65.1 Å². The molecule has 0 fully saturated rings. The topological polar surface area (TPSA) is 56.0 Å². The number of fused-ring (bicyclic) bond motifs is 1. The lowest BCUT2D eigenvalue weighted by Gasteiger charge is -2.18. The summed E-state index contributed by atoms with van der Waals surface area (Å²) in [5, 5.41) is 10.2. The molecule has 1 aromatic carbocycles. The Morgan fingerprint density at radius 1 is 1.05 bits per heavy atom. The third-order valence-corrected chi connectivity index (χ3v) is 4.46. The van der Waals surface area contributed by atoms with Gasteiger partial charge in [0.2, 0.25) is 5.16 Å². The van der Waals surface area contributed by atoms with Crippen molar-refractivity contribution < 1.29 is 0 Å². The van der Waals surface area contributed by atoms with Gasteiger partial charge in [0, 0.05) is 18.0 Å². The number of hydrogen-bond donors (Lipinski definition) is 0. The largest absolute Gasteiger partial charge is 0.264 e. The molecule has 0 bridgehead atoms. The van der Waals surface area contributed by atoms with Crippen molar-refractivity contribution in [3.8, 4) is 11.4 Å². The Bertz CT molecular complexity index is 826. The Morgan fingerprint density at radius 2 is 1.86 bits per heavy atom. The van der Waals surface area contributed by atoms with Crippen LogP contribution in [0.5, 0.6) is 0 Å². The van der Waals surface area contributed by atoms with Gasteiger partial charge in [0.1, 0.15) is 0 Å². The minimum Gasteiger partial charge on any atom is -0.264 e. The Balaban J connectivity index is 1.77. The number of pyridine rings is 1. The van der Waals surface area contributed by atoms with Gasteiger partial charge in [0.05, 0.1) is 11.0 Å². The molecule has 1 aliphatic rings. The Morgan fingerprint density at radius 3 is 2.64 bits per heavy atom. The molecule has 1 atom stereocenters. The zero-order valence-corrected chi connectivity index (χ0v) is 12.7. The minimum absolute atomic E-state index is 0.237. The van der Waals surface area contributed by atoms with Gasteiger partial charge in [-0.3, -0.25) is 4.98 Å². The molecule has 0 unspecified atom stereocenters. The Kier molecular flexibility index (Phi) is 3.23. The monoisotopic (exact) mass is 307 g/mol. The first kappa shape index (κ1) is 13.2. The van der Waals surface area contributed by atoms with E-state index in [2.05, 4.69) is 39.2 Å². The van der Waals surface area contributed by atoms with Crippen molar-refractivity contribution in [2.45, 2.75) is 17.3 Å². The van der Waals surface area contributed by atoms with Gasteiger partial charge in [-0.05, 0) is 24.6 Å². The lowest BCUT2D eigenvalue weighted by atomic mass is 10.1. The van der Waals surface area contributed by atoms with Crippen LogP contribution in [0.4, 0.5) is 0 Å². The first-order chi connectivity index (χ1) is 10.8. The van der Waals surface area contributed by atoms with E-state index in [0.717, 1.165) is 22.0 Å². The fraction of sp³-hybridized carbons (Fsp3) is 0.125. The smallest absolute Gasteiger partial charge is 0.211 e. The van der Waals surface area contributed by atoms with Crippen LogP contribution in [0.2, 0.25) is 0 Å². The van der Waals surface area contributed by atoms with Gasteiger partial charge in [-0.2, -0.15) is 10.1 Å². The van der Waals surface area contributed by atoms with Crippen LogP contribution in [-0.4, -0.2) is 30.8 Å². The minimum atomic E-state index is 0.237. The average molecular weight is 307 g/mol. The molecule has 0 N–H and O–H groups in total. The van der Waals surface area contributed by atoms with Gasteiger partial charge < -0.3 is 0 Å². The molecule has 0 saturated carbocycles. The van der Waals surface area contributed by atoms with E-state index >= 15 is 0 Å². The molecule has 1 aliphatic heterocycles. The molecule has 108 valence electrons. The normalized spacial score (nSPS) is 17.0. The zero-order chi connectivity index (χ0) is 14.9. The predicted molar refractivity (Wildman–Crippen MR) is 86.9 cm³/mol. The van der Waals surface area contributed by atoms with Crippen molar-refractivity contribution in [1.29, 1.82) is 0 Å². The molecule has 3 heterocycles. The summed E-state index contributed by atoms with van der Waals surface area (Å²) in [6, 6.07) is 14.0. The van der Waals surface area contributed by atoms with Crippen molar-refractivity contribution in [1.82, 2.24) is 19.9 Å². The molecule has 22 heavy (non-hydrogen) atoms. The van der Waals surface area contributed by atoms with Crippen LogP contribution in [-0.2, 0) is 0 Å². The van der Waals surface area contributed by atoms with Crippen molar-refractivity contribution in [2.75, 3.05) is 0 Å². The molecule has 0 radical (unpaired) electrons. The molecule has 0 saturated heterocycles. The maximum absolute atomic E-state index is 4.66. The number of benzene rings is 1. The second kappa shape index (κ2) is 5.38. The van der Waals surface area contributed by atoms with Crippen molar-refractivity contribution in [3.63, 3.8) is 0 Å². The molecular formula is C16H13N5S. The van der Waals surface area contributed by atoms with E-state index in [1.165, 1.54) is 0 Å². The summed E-state index contributed by atoms with van der Waals surface area (Å²) in [5.41, 5.74) is 3.03. The molecule has 0 amide bonds. The molecule has 5 nitrogen and oxygen atoms in total. The molecule has 2 aromatic heterocycles. The summed E-state index contributed by atoms with van der Waals surface area (Å²) in [7, 11) is 0. The van der Waals surface area contributed by atoms with E-state index in [9.17, 15) is 0 Å². The predicted octanol–water partition coefficient (Wildman–Crippen LogP) is 3.09. The highest BCUT2D eigenvalue weighted by Gasteiger charge is 2.24. The zero-order valence-electron chi connectivity index (χ0n) is 11.9. The van der Waals surface area contributed by atoms with E-state index in [1.807, 2.05) is 30.3 Å². The Labute approximate surface area is 132 Å². The fourth-order valence-corrected chi connectivity index (χ4v) is 3.27. The summed E-state index contributed by atoms with van der Waals surface area (Å²) in [6.07, 6.45) is 3.50. The van der Waals surface area contributed by atoms with E-state index in [0.29, 0.717) is 5.82 Å². The number of thioether (sulfide) groups is 1. The lowest BCUT2D eigenvalue weighted by molar-refractivity contribution is 0.654. The van der Waals surface area contributed by atoms with E-state index in [4.69, 9.17) is 0 Å². The molecule has 0 spiro atoms. The highest BCUT2D eigenvalue weighted by Crippen LogP contribution is 2.30. The molecule has 3 aromatic rings. The first-order valence-electron chi connectivity index (χ1n) is 6.99. The van der Waals surface area contributed by atoms with Gasteiger partial charge in [-0.15, -0.1) is 9.89 Å². The first-order valence-corrected chi connectivity index (χ1v) is 7.87. The lowest BCUT2D eigenvalue weighted by Crippen LogP contribution is -2.21. The number of nitrogens with zero attached hydrogens (tertiary/aromatic N) is 5. The van der Waals surface area contributed by atoms with E-state index in [-0.39, 0.29) is 5.25 Å². The summed E-state index contributed by atoms with van der Waals surface area (Å²) in [6.45, 7) is 2.14. The number of rotatable bonds is 2. The third kappa shape index (κ3) is 2.31. The van der Waals surface area contributed by atoms with Crippen LogP contribution < -0.4 is 0 Å². The standard InChI is InChI=1S/C16H13N5S/c1-11-14(12-6-3-2-4-7-12)19-21-16(22-11)18-15(20-21)13-8-5-9-17-10-13/h2-11H,1H3/t11-/m0/s1. The Hall–Kier alpha value is -2.47. The van der Waals surface area contributed by atoms with Crippen LogP contribution >= 0.6 is 11.8 Å². The van der Waals surface area contributed by atoms with Gasteiger partial charge in [-0.1, -0.05) is 42.1 Å². The molecule has 0 aliphatic carbocycles. The van der Waals surface area contributed by atoms with E-state index < -0.39 is 0 Å². The van der Waals surface area contributed by atoms with Crippen molar-refractivity contribution in [2.24, 2.45) is 5.10 Å². The van der Waals surface area contributed by atoms with Crippen molar-refractivity contribution >= 4 is 17.5 Å². The van der Waals surface area contributed by atoms with E-state index in [1.54, 1.807) is 28.9 Å². The second-order valence-corrected chi connectivity index (χ2v) is 6.27. The van der Waals surface area contributed by atoms with Gasteiger partial charge in [-0.25, -0.2) is 0 Å². The maximum atomic E-state index is 4.66. The molecule has 6 heteroatoms. The SMILES string of the molecule is C[C@@H]1Sc2nc(-c3cccnc3)nn2N=C1c1ccccc1. The van der Waals surface area contributed by atoms with Gasteiger partial charge >= 0.3 is 0 Å². The maximum Gasteiger partial charge on any atom is 0.211 e. The van der Waals surface area contributed by atoms with Crippen LogP contribution in [0.1, 0.15) is 12.5 Å². The molecular weight excluding hydrogens is 294 g/mol. The number of hydrogen-bond acceptors (Lipinski definition) is 5. The summed E-state index contributed by atoms with van der Waals surface area (Å²) in [4.78, 5) is 10.3. The van der Waals surface area contributed by atoms with Gasteiger partial charge in [0.15, 0.2) is 5.82 Å². The van der Waals surface area contributed by atoms with Crippen LogP contribution in [0, 0.1) is 0 Å². The third-order valence-electron chi connectivity index (χ3n) is 3.42. The summed E-state index contributed by atoms with van der Waals surface area (Å²) in [5.74, 6) is 0.654. The highest BCUT2D eigenvalue weighted by atomic mass is 32.2. The highest BCUT2D eigenvalue weighted by molar-refractivity contribution is 8.00. The summed E-state index contributed by atoms with van der Waals surface area (Å²) < 4.78 is 0. The quantitative estimate of drug-likeness (QED) is 0.730.